The van der Waals surface area contributed by atoms with Gasteiger partial charge in [-0.1, -0.05) is 12.1 Å². The zero-order valence-corrected chi connectivity index (χ0v) is 11.9. The normalized spacial score (nSPS) is 12.3. The summed E-state index contributed by atoms with van der Waals surface area (Å²) in [7, 11) is 1.54. The molecule has 1 aromatic carbocycles. The van der Waals surface area contributed by atoms with Crippen molar-refractivity contribution in [3.05, 3.63) is 54.2 Å². The second kappa shape index (κ2) is 5.95. The molecule has 2 aromatic heterocycles. The molecule has 0 aliphatic carbocycles. The molecule has 1 amide bonds. The van der Waals surface area contributed by atoms with Crippen LogP contribution in [0.4, 0.5) is 0 Å². The molecule has 1 atom stereocenters. The summed E-state index contributed by atoms with van der Waals surface area (Å²) >= 11 is 0. The van der Waals surface area contributed by atoms with Gasteiger partial charge in [0.05, 0.1) is 25.7 Å². The lowest BCUT2D eigenvalue weighted by Gasteiger charge is -2.08. The highest BCUT2D eigenvalue weighted by Crippen LogP contribution is 2.28. The molecule has 0 fully saturated rings. The zero-order valence-electron chi connectivity index (χ0n) is 11.9. The van der Waals surface area contributed by atoms with Crippen LogP contribution in [0.5, 0.6) is 5.75 Å². The monoisotopic (exact) mass is 301 g/mol. The summed E-state index contributed by atoms with van der Waals surface area (Å²) in [6.45, 7) is 0.0621. The Morgan fingerprint density at radius 2 is 2.27 bits per heavy atom. The molecule has 6 nitrogen and oxygen atoms in total. The number of carbonyl (C=O) groups excluding carboxylic acids is 1. The third-order valence-electron chi connectivity index (χ3n) is 3.34. The standard InChI is InChI=1S/C16H15NO5/c1-20-13-4-2-3-10-7-14(22-15(10)13)16(19)17-8-12(18)11-5-6-21-9-11/h2-7,9,12,18H,8H2,1H3,(H,17,19)/t12-/m1/s1. The number of methoxy groups -OCH3 is 1. The number of ether oxygens (including phenoxy) is 1. The maximum absolute atomic E-state index is 12.1. The Bertz CT molecular complexity index is 775. The predicted octanol–water partition coefficient (Wildman–Crippen LogP) is 2.50. The first kappa shape index (κ1) is 14.2. The number of hydrogen-bond acceptors (Lipinski definition) is 5. The number of furan rings is 2. The Hall–Kier alpha value is -2.73. The molecule has 6 heteroatoms. The summed E-state index contributed by atoms with van der Waals surface area (Å²) < 4.78 is 15.6. The summed E-state index contributed by atoms with van der Waals surface area (Å²) in [6, 6.07) is 8.69. The Balaban J connectivity index is 1.72. The first-order valence-electron chi connectivity index (χ1n) is 6.74. The Kier molecular flexibility index (Phi) is 3.84. The molecule has 3 rings (SSSR count). The van der Waals surface area contributed by atoms with Crippen molar-refractivity contribution in [1.29, 1.82) is 0 Å². The molecule has 0 aliphatic heterocycles. The number of fused-ring (bicyclic) bond motifs is 1. The fraction of sp³-hybridized carbons (Fsp3) is 0.188. The molecule has 0 unspecified atom stereocenters. The minimum Gasteiger partial charge on any atom is -0.493 e. The number of para-hydroxylation sites is 1. The van der Waals surface area contributed by atoms with E-state index in [9.17, 15) is 9.90 Å². The van der Waals surface area contributed by atoms with Gasteiger partial charge in [0.1, 0.15) is 0 Å². The number of hydrogen-bond donors (Lipinski definition) is 2. The number of amides is 1. The van der Waals surface area contributed by atoms with Crippen molar-refractivity contribution in [2.75, 3.05) is 13.7 Å². The number of benzene rings is 1. The largest absolute Gasteiger partial charge is 0.493 e. The minimum absolute atomic E-state index is 0.0621. The molecule has 0 saturated heterocycles. The number of aliphatic hydroxyl groups excluding tert-OH is 1. The summed E-state index contributed by atoms with van der Waals surface area (Å²) in [6.07, 6.45) is 2.07. The van der Waals surface area contributed by atoms with Crippen LogP contribution in [0.15, 0.2) is 51.7 Å². The zero-order chi connectivity index (χ0) is 15.5. The molecule has 0 bridgehead atoms. The van der Waals surface area contributed by atoms with E-state index in [1.165, 1.54) is 19.6 Å². The van der Waals surface area contributed by atoms with E-state index >= 15 is 0 Å². The fourth-order valence-corrected chi connectivity index (χ4v) is 2.17. The van der Waals surface area contributed by atoms with Gasteiger partial charge >= 0.3 is 0 Å². The summed E-state index contributed by atoms with van der Waals surface area (Å²) in [5.41, 5.74) is 1.12. The molecule has 0 radical (unpaired) electrons. The molecule has 22 heavy (non-hydrogen) atoms. The molecule has 3 aromatic rings. The van der Waals surface area contributed by atoms with Crippen LogP contribution in [0.2, 0.25) is 0 Å². The van der Waals surface area contributed by atoms with E-state index in [2.05, 4.69) is 5.32 Å². The highest BCUT2D eigenvalue weighted by atomic mass is 16.5. The van der Waals surface area contributed by atoms with E-state index in [0.29, 0.717) is 16.9 Å². The van der Waals surface area contributed by atoms with E-state index < -0.39 is 12.0 Å². The number of nitrogens with one attached hydrogen (secondary N) is 1. The highest BCUT2D eigenvalue weighted by molar-refractivity contribution is 5.97. The van der Waals surface area contributed by atoms with Gasteiger partial charge in [-0.05, 0) is 18.2 Å². The van der Waals surface area contributed by atoms with E-state index in [-0.39, 0.29) is 12.3 Å². The molecular weight excluding hydrogens is 286 g/mol. The van der Waals surface area contributed by atoms with Gasteiger partial charge in [0.15, 0.2) is 17.1 Å². The summed E-state index contributed by atoms with van der Waals surface area (Å²) in [5.74, 6) is 0.328. The second-order valence-electron chi connectivity index (χ2n) is 4.77. The van der Waals surface area contributed by atoms with Crippen molar-refractivity contribution in [3.8, 4) is 5.75 Å². The van der Waals surface area contributed by atoms with Crippen molar-refractivity contribution in [1.82, 2.24) is 5.32 Å². The van der Waals surface area contributed by atoms with Crippen LogP contribution in [-0.4, -0.2) is 24.7 Å². The van der Waals surface area contributed by atoms with Crippen LogP contribution in [0.25, 0.3) is 11.0 Å². The lowest BCUT2D eigenvalue weighted by molar-refractivity contribution is 0.0890. The van der Waals surface area contributed by atoms with E-state index in [4.69, 9.17) is 13.6 Å². The average Bonchev–Trinajstić information content (AvgIpc) is 3.20. The number of aliphatic hydroxyl groups is 1. The van der Waals surface area contributed by atoms with Gasteiger partial charge in [-0.15, -0.1) is 0 Å². The fourth-order valence-electron chi connectivity index (χ4n) is 2.17. The molecule has 0 spiro atoms. The second-order valence-corrected chi connectivity index (χ2v) is 4.77. The van der Waals surface area contributed by atoms with Gasteiger partial charge in [-0.3, -0.25) is 4.79 Å². The molecule has 2 N–H and O–H groups in total. The SMILES string of the molecule is COc1cccc2cc(C(=O)NC[C@@H](O)c3ccoc3)oc12. The molecule has 114 valence electrons. The Labute approximate surface area is 126 Å². The lowest BCUT2D eigenvalue weighted by Crippen LogP contribution is -2.27. The van der Waals surface area contributed by atoms with Gasteiger partial charge in [0.25, 0.3) is 5.91 Å². The summed E-state index contributed by atoms with van der Waals surface area (Å²) in [5, 5.41) is 13.3. The molecule has 0 saturated carbocycles. The van der Waals surface area contributed by atoms with E-state index in [1.54, 1.807) is 18.2 Å². The number of rotatable bonds is 5. The van der Waals surface area contributed by atoms with Gasteiger partial charge < -0.3 is 24.0 Å². The van der Waals surface area contributed by atoms with Gasteiger partial charge in [-0.2, -0.15) is 0 Å². The quantitative estimate of drug-likeness (QED) is 0.756. The number of carbonyl (C=O) groups is 1. The third kappa shape index (κ3) is 2.68. The van der Waals surface area contributed by atoms with Crippen molar-refractivity contribution < 1.29 is 23.5 Å². The first-order chi connectivity index (χ1) is 10.7. The van der Waals surface area contributed by atoms with E-state index in [0.717, 1.165) is 5.39 Å². The van der Waals surface area contributed by atoms with Crippen LogP contribution < -0.4 is 10.1 Å². The molecule has 0 aliphatic rings. The van der Waals surface area contributed by atoms with Gasteiger partial charge in [0, 0.05) is 17.5 Å². The lowest BCUT2D eigenvalue weighted by atomic mass is 10.2. The van der Waals surface area contributed by atoms with Crippen molar-refractivity contribution >= 4 is 16.9 Å². The smallest absolute Gasteiger partial charge is 0.287 e. The highest BCUT2D eigenvalue weighted by Gasteiger charge is 2.16. The third-order valence-corrected chi connectivity index (χ3v) is 3.34. The Morgan fingerprint density at radius 1 is 1.41 bits per heavy atom. The molecular formula is C16H15NO5. The van der Waals surface area contributed by atoms with E-state index in [1.807, 2.05) is 12.1 Å². The van der Waals surface area contributed by atoms with Crippen molar-refractivity contribution in [3.63, 3.8) is 0 Å². The van der Waals surface area contributed by atoms with Gasteiger partial charge in [0.2, 0.25) is 0 Å². The van der Waals surface area contributed by atoms with Crippen molar-refractivity contribution in [2.24, 2.45) is 0 Å². The van der Waals surface area contributed by atoms with Crippen LogP contribution >= 0.6 is 0 Å². The summed E-state index contributed by atoms with van der Waals surface area (Å²) in [4.78, 5) is 12.1. The van der Waals surface area contributed by atoms with Crippen LogP contribution in [0, 0.1) is 0 Å². The minimum atomic E-state index is -0.832. The average molecular weight is 301 g/mol. The predicted molar refractivity (Wildman–Crippen MR) is 78.8 cm³/mol. The van der Waals surface area contributed by atoms with Crippen LogP contribution in [0.1, 0.15) is 22.2 Å². The van der Waals surface area contributed by atoms with Gasteiger partial charge in [-0.25, -0.2) is 0 Å². The van der Waals surface area contributed by atoms with Crippen LogP contribution in [0.3, 0.4) is 0 Å². The van der Waals surface area contributed by atoms with Crippen molar-refractivity contribution in [2.45, 2.75) is 6.10 Å². The maximum Gasteiger partial charge on any atom is 0.287 e. The Morgan fingerprint density at radius 3 is 3.00 bits per heavy atom. The first-order valence-corrected chi connectivity index (χ1v) is 6.74. The molecule has 2 heterocycles. The maximum atomic E-state index is 12.1. The van der Waals surface area contributed by atoms with Crippen LogP contribution in [-0.2, 0) is 0 Å². The topological polar surface area (TPSA) is 84.8 Å².